The minimum absolute atomic E-state index is 0.0975. The fraction of sp³-hybridized carbons (Fsp3) is 0.923. The fourth-order valence-corrected chi connectivity index (χ4v) is 2.08. The number of halogens is 1. The van der Waals surface area contributed by atoms with Crippen LogP contribution in [0.1, 0.15) is 58.3 Å². The second kappa shape index (κ2) is 12.4. The zero-order valence-corrected chi connectivity index (χ0v) is 12.4. The lowest BCUT2D eigenvalue weighted by Gasteiger charge is -2.15. The van der Waals surface area contributed by atoms with Gasteiger partial charge in [0, 0.05) is 11.9 Å². The van der Waals surface area contributed by atoms with Gasteiger partial charge in [-0.1, -0.05) is 48.5 Å². The van der Waals surface area contributed by atoms with Crippen LogP contribution in [0.5, 0.6) is 0 Å². The second-order valence-electron chi connectivity index (χ2n) is 4.34. The maximum Gasteiger partial charge on any atom is 0.305 e. The van der Waals surface area contributed by atoms with Gasteiger partial charge in [-0.05, 0) is 19.3 Å². The topological polar surface area (TPSA) is 46.5 Å². The van der Waals surface area contributed by atoms with E-state index in [0.717, 1.165) is 50.3 Å². The molecule has 0 rings (SSSR count). The molecule has 0 saturated carbocycles. The van der Waals surface area contributed by atoms with E-state index in [1.807, 2.05) is 0 Å². The molecule has 0 bridgehead atoms. The molecule has 4 heteroatoms. The second-order valence-corrected chi connectivity index (χ2v) is 5.13. The highest BCUT2D eigenvalue weighted by Gasteiger charge is 2.13. The first-order valence-corrected chi connectivity index (χ1v) is 7.72. The van der Waals surface area contributed by atoms with Crippen LogP contribution in [0.4, 0.5) is 0 Å². The van der Waals surface area contributed by atoms with E-state index < -0.39 is 5.97 Å². The zero-order chi connectivity index (χ0) is 12.9. The third-order valence-electron chi connectivity index (χ3n) is 2.66. The van der Waals surface area contributed by atoms with Gasteiger partial charge in [0.1, 0.15) is 0 Å². The Morgan fingerprint density at radius 2 is 2.00 bits per heavy atom. The Balaban J connectivity index is 3.68. The highest BCUT2D eigenvalue weighted by Crippen LogP contribution is 2.12. The van der Waals surface area contributed by atoms with Crippen molar-refractivity contribution in [3.8, 4) is 0 Å². The lowest BCUT2D eigenvalue weighted by molar-refractivity contribution is -0.140. The summed E-state index contributed by atoms with van der Waals surface area (Å²) in [6.07, 6.45) is 7.60. The zero-order valence-electron chi connectivity index (χ0n) is 10.8. The van der Waals surface area contributed by atoms with Crippen LogP contribution in [0.15, 0.2) is 0 Å². The van der Waals surface area contributed by atoms with Crippen molar-refractivity contribution >= 4 is 21.9 Å². The number of carbonyl (C=O) groups is 1. The van der Waals surface area contributed by atoms with Crippen LogP contribution in [-0.4, -0.2) is 29.1 Å². The SMILES string of the molecule is CCCCCOC(CCCCCBr)CC(=O)O. The summed E-state index contributed by atoms with van der Waals surface area (Å²) < 4.78 is 5.64. The number of alkyl halides is 1. The highest BCUT2D eigenvalue weighted by atomic mass is 79.9. The molecule has 102 valence electrons. The first kappa shape index (κ1) is 16.9. The summed E-state index contributed by atoms with van der Waals surface area (Å²) >= 11 is 3.39. The van der Waals surface area contributed by atoms with Crippen molar-refractivity contribution in [2.24, 2.45) is 0 Å². The summed E-state index contributed by atoms with van der Waals surface area (Å²) in [5.74, 6) is -0.758. The quantitative estimate of drug-likeness (QED) is 0.438. The predicted octanol–water partition coefficient (Wildman–Crippen LogP) is 3.99. The van der Waals surface area contributed by atoms with Crippen molar-refractivity contribution in [1.29, 1.82) is 0 Å². The van der Waals surface area contributed by atoms with Gasteiger partial charge < -0.3 is 9.84 Å². The molecule has 0 saturated heterocycles. The van der Waals surface area contributed by atoms with Gasteiger partial charge in [0.05, 0.1) is 12.5 Å². The number of hydrogen-bond donors (Lipinski definition) is 1. The minimum Gasteiger partial charge on any atom is -0.481 e. The first-order valence-electron chi connectivity index (χ1n) is 6.60. The molecule has 1 N–H and O–H groups in total. The largest absolute Gasteiger partial charge is 0.481 e. The normalized spacial score (nSPS) is 12.6. The lowest BCUT2D eigenvalue weighted by Crippen LogP contribution is -2.18. The Morgan fingerprint density at radius 1 is 1.24 bits per heavy atom. The van der Waals surface area contributed by atoms with E-state index in [0.29, 0.717) is 6.61 Å². The minimum atomic E-state index is -0.758. The van der Waals surface area contributed by atoms with E-state index in [1.165, 1.54) is 0 Å². The predicted molar refractivity (Wildman–Crippen MR) is 73.8 cm³/mol. The van der Waals surface area contributed by atoms with Crippen LogP contribution >= 0.6 is 15.9 Å². The summed E-state index contributed by atoms with van der Waals surface area (Å²) in [5, 5.41) is 9.82. The van der Waals surface area contributed by atoms with E-state index in [1.54, 1.807) is 0 Å². The summed E-state index contributed by atoms with van der Waals surface area (Å²) in [6.45, 7) is 2.85. The molecular formula is C13H25BrO3. The molecule has 0 spiro atoms. The summed E-state index contributed by atoms with van der Waals surface area (Å²) in [5.41, 5.74) is 0. The van der Waals surface area contributed by atoms with Crippen LogP contribution in [0, 0.1) is 0 Å². The number of carboxylic acid groups (broad SMARTS) is 1. The number of hydrogen-bond acceptors (Lipinski definition) is 2. The van der Waals surface area contributed by atoms with Crippen LogP contribution in [0.25, 0.3) is 0 Å². The Labute approximate surface area is 113 Å². The summed E-state index contributed by atoms with van der Waals surface area (Å²) in [6, 6.07) is 0. The van der Waals surface area contributed by atoms with Crippen molar-refractivity contribution in [3.63, 3.8) is 0 Å². The Kier molecular flexibility index (Phi) is 12.3. The molecule has 0 aromatic rings. The maximum atomic E-state index is 10.7. The average molecular weight is 309 g/mol. The number of rotatable bonds is 12. The van der Waals surface area contributed by atoms with Crippen molar-refractivity contribution < 1.29 is 14.6 Å². The van der Waals surface area contributed by atoms with Gasteiger partial charge in [-0.2, -0.15) is 0 Å². The molecule has 0 aromatic carbocycles. The summed E-state index contributed by atoms with van der Waals surface area (Å²) in [7, 11) is 0. The van der Waals surface area contributed by atoms with E-state index >= 15 is 0 Å². The van der Waals surface area contributed by atoms with Gasteiger partial charge in [-0.25, -0.2) is 0 Å². The van der Waals surface area contributed by atoms with Crippen molar-refractivity contribution in [2.75, 3.05) is 11.9 Å². The van der Waals surface area contributed by atoms with E-state index in [4.69, 9.17) is 9.84 Å². The molecule has 1 atom stereocenters. The summed E-state index contributed by atoms with van der Waals surface area (Å²) in [4.78, 5) is 10.7. The molecule has 0 aliphatic carbocycles. The third kappa shape index (κ3) is 12.2. The van der Waals surface area contributed by atoms with Crippen LogP contribution < -0.4 is 0 Å². The molecule has 0 amide bonds. The molecule has 0 aliphatic rings. The highest BCUT2D eigenvalue weighted by molar-refractivity contribution is 9.09. The van der Waals surface area contributed by atoms with Gasteiger partial charge in [0.25, 0.3) is 0 Å². The maximum absolute atomic E-state index is 10.7. The van der Waals surface area contributed by atoms with Crippen molar-refractivity contribution in [2.45, 2.75) is 64.4 Å². The fourth-order valence-electron chi connectivity index (χ4n) is 1.68. The van der Waals surface area contributed by atoms with E-state index in [9.17, 15) is 4.79 Å². The van der Waals surface area contributed by atoms with E-state index in [2.05, 4.69) is 22.9 Å². The molecule has 0 heterocycles. The molecule has 3 nitrogen and oxygen atoms in total. The van der Waals surface area contributed by atoms with Crippen molar-refractivity contribution in [3.05, 3.63) is 0 Å². The van der Waals surface area contributed by atoms with Crippen LogP contribution in [0.3, 0.4) is 0 Å². The van der Waals surface area contributed by atoms with Gasteiger partial charge in [0.15, 0.2) is 0 Å². The molecule has 1 unspecified atom stereocenters. The molecule has 0 fully saturated rings. The third-order valence-corrected chi connectivity index (χ3v) is 3.22. The number of unbranched alkanes of at least 4 members (excludes halogenated alkanes) is 4. The Bertz CT molecular complexity index is 174. The molecule has 0 aromatic heterocycles. The average Bonchev–Trinajstić information content (AvgIpc) is 2.29. The van der Waals surface area contributed by atoms with Crippen molar-refractivity contribution in [1.82, 2.24) is 0 Å². The molecule has 0 aliphatic heterocycles. The van der Waals surface area contributed by atoms with Crippen LogP contribution in [0.2, 0.25) is 0 Å². The van der Waals surface area contributed by atoms with E-state index in [-0.39, 0.29) is 12.5 Å². The number of carboxylic acids is 1. The lowest BCUT2D eigenvalue weighted by atomic mass is 10.1. The first-order chi connectivity index (χ1) is 8.20. The van der Waals surface area contributed by atoms with Gasteiger partial charge in [0.2, 0.25) is 0 Å². The number of ether oxygens (including phenoxy) is 1. The van der Waals surface area contributed by atoms with Gasteiger partial charge in [-0.15, -0.1) is 0 Å². The molecule has 17 heavy (non-hydrogen) atoms. The smallest absolute Gasteiger partial charge is 0.305 e. The molecule has 0 radical (unpaired) electrons. The number of aliphatic carboxylic acids is 1. The van der Waals surface area contributed by atoms with Crippen LogP contribution in [-0.2, 0) is 9.53 Å². The van der Waals surface area contributed by atoms with Gasteiger partial charge in [-0.3, -0.25) is 4.79 Å². The van der Waals surface area contributed by atoms with Gasteiger partial charge >= 0.3 is 5.97 Å². The Morgan fingerprint density at radius 3 is 2.59 bits per heavy atom. The molecular weight excluding hydrogens is 284 g/mol. The standard InChI is InChI=1S/C13H25BrO3/c1-2-3-7-10-17-12(11-13(15)16)8-5-4-6-9-14/h12H,2-11H2,1H3,(H,15,16). The Hall–Kier alpha value is -0.0900. The monoisotopic (exact) mass is 308 g/mol.